The minimum Gasteiger partial charge on any atom is -0.494 e. The Bertz CT molecular complexity index is 1690. The zero-order valence-electron chi connectivity index (χ0n) is 22.5. The summed E-state index contributed by atoms with van der Waals surface area (Å²) in [6.45, 7) is 7.69. The lowest BCUT2D eigenvalue weighted by molar-refractivity contribution is -0.385. The standard InChI is InChI=1S/C29H28N4O7/c1-5-39-26-12-18(4)22(14-21(26)17(2)3)28-31-23-9-7-6-8-20(23)29(36)32(28)30-15-19-10-11-25(40-16-27(34)35)24(13-19)33(37)38/h6-15,17H,5,16H2,1-4H3,(H,34,35). The molecule has 0 radical (unpaired) electrons. The highest BCUT2D eigenvalue weighted by molar-refractivity contribution is 5.83. The van der Waals surface area contributed by atoms with Crippen LogP contribution in [-0.2, 0) is 4.79 Å². The van der Waals surface area contributed by atoms with Crippen molar-refractivity contribution in [2.45, 2.75) is 33.6 Å². The van der Waals surface area contributed by atoms with Gasteiger partial charge in [0, 0.05) is 17.2 Å². The highest BCUT2D eigenvalue weighted by atomic mass is 16.6. The summed E-state index contributed by atoms with van der Waals surface area (Å²) in [6.07, 6.45) is 1.31. The number of aliphatic carboxylic acids is 1. The van der Waals surface area contributed by atoms with Crippen LogP contribution in [0.2, 0.25) is 0 Å². The number of nitrogens with zero attached hydrogens (tertiary/aromatic N) is 4. The first-order valence-electron chi connectivity index (χ1n) is 12.6. The van der Waals surface area contributed by atoms with E-state index in [9.17, 15) is 19.7 Å². The van der Waals surface area contributed by atoms with Gasteiger partial charge in [0.15, 0.2) is 18.2 Å². The fraction of sp³-hybridized carbons (Fsp3) is 0.241. The van der Waals surface area contributed by atoms with E-state index in [1.54, 1.807) is 24.3 Å². The first-order chi connectivity index (χ1) is 19.1. The number of fused-ring (bicyclic) bond motifs is 1. The van der Waals surface area contributed by atoms with Gasteiger partial charge in [-0.25, -0.2) is 9.78 Å². The van der Waals surface area contributed by atoms with E-state index >= 15 is 0 Å². The van der Waals surface area contributed by atoms with Crippen molar-refractivity contribution in [1.82, 2.24) is 9.66 Å². The van der Waals surface area contributed by atoms with Gasteiger partial charge >= 0.3 is 11.7 Å². The monoisotopic (exact) mass is 544 g/mol. The van der Waals surface area contributed by atoms with E-state index in [-0.39, 0.29) is 11.7 Å². The van der Waals surface area contributed by atoms with E-state index < -0.39 is 28.7 Å². The summed E-state index contributed by atoms with van der Waals surface area (Å²) in [5.74, 6) is -0.262. The van der Waals surface area contributed by atoms with Crippen molar-refractivity contribution in [3.8, 4) is 22.9 Å². The molecule has 3 aromatic carbocycles. The SMILES string of the molecule is CCOc1cc(C)c(-c2nc3ccccc3c(=O)n2N=Cc2ccc(OCC(=O)O)c([N+](=O)[O-])c2)cc1C(C)C. The van der Waals surface area contributed by atoms with Crippen LogP contribution in [0, 0.1) is 17.0 Å². The molecule has 0 saturated carbocycles. The summed E-state index contributed by atoms with van der Waals surface area (Å²) in [6, 6.07) is 14.8. The van der Waals surface area contributed by atoms with E-state index in [4.69, 9.17) is 19.6 Å². The number of carboxylic acid groups (broad SMARTS) is 1. The summed E-state index contributed by atoms with van der Waals surface area (Å²) in [5, 5.41) is 25.2. The van der Waals surface area contributed by atoms with Gasteiger partial charge in [-0.3, -0.25) is 14.9 Å². The van der Waals surface area contributed by atoms with Crippen molar-refractivity contribution < 1.29 is 24.3 Å². The topological polar surface area (TPSA) is 146 Å². The van der Waals surface area contributed by atoms with Crippen molar-refractivity contribution in [3.05, 3.63) is 91.8 Å². The van der Waals surface area contributed by atoms with Crippen LogP contribution in [0.5, 0.6) is 11.5 Å². The van der Waals surface area contributed by atoms with Crippen LogP contribution in [0.3, 0.4) is 0 Å². The number of nitro groups is 1. The van der Waals surface area contributed by atoms with Crippen molar-refractivity contribution >= 4 is 28.8 Å². The molecule has 40 heavy (non-hydrogen) atoms. The molecule has 0 spiro atoms. The molecule has 0 bridgehead atoms. The minimum absolute atomic E-state index is 0.132. The molecule has 206 valence electrons. The molecule has 4 aromatic rings. The average Bonchev–Trinajstić information content (AvgIpc) is 2.91. The molecule has 0 amide bonds. The van der Waals surface area contributed by atoms with Crippen molar-refractivity contribution in [2.75, 3.05) is 13.2 Å². The van der Waals surface area contributed by atoms with Gasteiger partial charge in [0.05, 0.1) is 28.6 Å². The average molecular weight is 545 g/mol. The van der Waals surface area contributed by atoms with Gasteiger partial charge in [0.25, 0.3) is 5.56 Å². The lowest BCUT2D eigenvalue weighted by atomic mass is 9.96. The quantitative estimate of drug-likeness (QED) is 0.164. The summed E-state index contributed by atoms with van der Waals surface area (Å²) >= 11 is 0. The Morgan fingerprint density at radius 2 is 1.90 bits per heavy atom. The van der Waals surface area contributed by atoms with Gasteiger partial charge in [-0.1, -0.05) is 26.0 Å². The molecule has 1 heterocycles. The number of rotatable bonds is 10. The molecule has 11 nitrogen and oxygen atoms in total. The fourth-order valence-electron chi connectivity index (χ4n) is 4.22. The first-order valence-corrected chi connectivity index (χ1v) is 12.6. The van der Waals surface area contributed by atoms with Crippen molar-refractivity contribution in [3.63, 3.8) is 0 Å². The maximum absolute atomic E-state index is 13.6. The summed E-state index contributed by atoms with van der Waals surface area (Å²) in [4.78, 5) is 40.1. The van der Waals surface area contributed by atoms with Crippen molar-refractivity contribution in [2.24, 2.45) is 5.10 Å². The van der Waals surface area contributed by atoms with Gasteiger partial charge in [0.2, 0.25) is 0 Å². The smallest absolute Gasteiger partial charge is 0.341 e. The third-order valence-electron chi connectivity index (χ3n) is 6.13. The number of aryl methyl sites for hydroxylation is 1. The second-order valence-corrected chi connectivity index (χ2v) is 9.27. The predicted molar refractivity (Wildman–Crippen MR) is 151 cm³/mol. The van der Waals surface area contributed by atoms with Gasteiger partial charge in [-0.05, 0) is 67.3 Å². The molecule has 0 saturated heterocycles. The number of nitro benzene ring substituents is 1. The Hall–Kier alpha value is -5.06. The number of carbonyl (C=O) groups is 1. The maximum atomic E-state index is 13.6. The molecule has 0 aliphatic carbocycles. The Morgan fingerprint density at radius 1 is 1.15 bits per heavy atom. The third kappa shape index (κ3) is 5.83. The minimum atomic E-state index is -1.26. The van der Waals surface area contributed by atoms with Crippen LogP contribution < -0.4 is 15.0 Å². The van der Waals surface area contributed by atoms with Gasteiger partial charge in [0.1, 0.15) is 5.75 Å². The van der Waals surface area contributed by atoms with E-state index in [0.29, 0.717) is 34.5 Å². The molecule has 0 unspecified atom stereocenters. The predicted octanol–water partition coefficient (Wildman–Crippen LogP) is 5.15. The van der Waals surface area contributed by atoms with Crippen LogP contribution in [0.4, 0.5) is 5.69 Å². The zero-order chi connectivity index (χ0) is 29.0. The summed E-state index contributed by atoms with van der Waals surface area (Å²) in [5.41, 5.74) is 2.43. The van der Waals surface area contributed by atoms with Crippen LogP contribution in [0.1, 0.15) is 43.4 Å². The Kier molecular flexibility index (Phi) is 8.23. The van der Waals surface area contributed by atoms with Gasteiger partial charge in [-0.2, -0.15) is 9.78 Å². The number of carboxylic acids is 1. The third-order valence-corrected chi connectivity index (χ3v) is 6.13. The summed E-state index contributed by atoms with van der Waals surface area (Å²) < 4.78 is 12.1. The maximum Gasteiger partial charge on any atom is 0.341 e. The van der Waals surface area contributed by atoms with Crippen LogP contribution in [0.15, 0.2) is 64.5 Å². The Labute approximate surface area is 229 Å². The number of aromatic nitrogens is 2. The molecular weight excluding hydrogens is 516 g/mol. The van der Waals surface area contributed by atoms with Gasteiger partial charge in [-0.15, -0.1) is 0 Å². The fourth-order valence-corrected chi connectivity index (χ4v) is 4.22. The molecule has 0 aliphatic heterocycles. The Morgan fingerprint density at radius 3 is 2.58 bits per heavy atom. The van der Waals surface area contributed by atoms with E-state index in [1.165, 1.54) is 29.1 Å². The van der Waals surface area contributed by atoms with E-state index in [1.807, 2.05) is 39.8 Å². The molecular formula is C29H28N4O7. The second kappa shape index (κ2) is 11.8. The molecule has 4 rings (SSSR count). The number of benzene rings is 3. The molecule has 1 aromatic heterocycles. The lowest BCUT2D eigenvalue weighted by Gasteiger charge is -2.18. The zero-order valence-corrected chi connectivity index (χ0v) is 22.5. The van der Waals surface area contributed by atoms with Gasteiger partial charge < -0.3 is 14.6 Å². The molecule has 0 fully saturated rings. The summed E-state index contributed by atoms with van der Waals surface area (Å²) in [7, 11) is 0. The van der Waals surface area contributed by atoms with E-state index in [0.717, 1.165) is 16.9 Å². The van der Waals surface area contributed by atoms with Crippen LogP contribution in [-0.4, -0.2) is 45.1 Å². The first kappa shape index (κ1) is 28.0. The highest BCUT2D eigenvalue weighted by Gasteiger charge is 2.20. The molecule has 11 heteroatoms. The number of hydrogen-bond acceptors (Lipinski definition) is 8. The molecule has 0 aliphatic rings. The lowest BCUT2D eigenvalue weighted by Crippen LogP contribution is -2.21. The van der Waals surface area contributed by atoms with E-state index in [2.05, 4.69) is 5.10 Å². The molecule has 0 atom stereocenters. The number of ether oxygens (including phenoxy) is 2. The largest absolute Gasteiger partial charge is 0.494 e. The molecule has 1 N–H and O–H groups in total. The second-order valence-electron chi connectivity index (χ2n) is 9.27. The Balaban J connectivity index is 1.89. The van der Waals surface area contributed by atoms with Crippen molar-refractivity contribution in [1.29, 1.82) is 0 Å². The van der Waals surface area contributed by atoms with Crippen LogP contribution >= 0.6 is 0 Å². The normalized spacial score (nSPS) is 11.3. The number of hydrogen-bond donors (Lipinski definition) is 1. The highest BCUT2D eigenvalue weighted by Crippen LogP contribution is 2.34. The van der Waals surface area contributed by atoms with Crippen LogP contribution in [0.25, 0.3) is 22.3 Å². The number of para-hydroxylation sites is 1.